The first-order valence-corrected chi connectivity index (χ1v) is 9.34. The van der Waals surface area contributed by atoms with Crippen LogP contribution < -0.4 is 4.74 Å². The zero-order valence-corrected chi connectivity index (χ0v) is 16.4. The van der Waals surface area contributed by atoms with E-state index in [-0.39, 0.29) is 6.61 Å². The highest BCUT2D eigenvalue weighted by Gasteiger charge is 2.61. The van der Waals surface area contributed by atoms with E-state index in [1.807, 2.05) is 12.1 Å². The van der Waals surface area contributed by atoms with Crippen molar-refractivity contribution < 1.29 is 29.5 Å². The van der Waals surface area contributed by atoms with Gasteiger partial charge in [-0.1, -0.05) is 12.1 Å². The molecule has 4 unspecified atom stereocenters. The van der Waals surface area contributed by atoms with Crippen LogP contribution >= 0.6 is 0 Å². The summed E-state index contributed by atoms with van der Waals surface area (Å²) in [6, 6.07) is 12.9. The third-order valence-electron chi connectivity index (χ3n) is 5.75. The van der Waals surface area contributed by atoms with Crippen LogP contribution in [-0.2, 0) is 21.9 Å². The normalized spacial score (nSPS) is 30.0. The van der Waals surface area contributed by atoms with Crippen LogP contribution in [0.3, 0.4) is 0 Å². The molecule has 0 bridgehead atoms. The van der Waals surface area contributed by atoms with Crippen LogP contribution in [0.15, 0.2) is 36.4 Å². The number of rotatable bonds is 2. The number of aliphatic hydroxyl groups excluding tert-OH is 3. The molecule has 0 amide bonds. The molecule has 1 spiro atoms. The maximum Gasteiger partial charge on any atom is 0.225 e. The zero-order valence-electron chi connectivity index (χ0n) is 16.4. The lowest BCUT2D eigenvalue weighted by Crippen LogP contribution is -2.66. The van der Waals surface area contributed by atoms with Gasteiger partial charge in [0.2, 0.25) is 5.79 Å². The fourth-order valence-corrected chi connectivity index (χ4v) is 4.10. The van der Waals surface area contributed by atoms with Crippen molar-refractivity contribution in [3.63, 3.8) is 0 Å². The summed E-state index contributed by atoms with van der Waals surface area (Å²) in [5, 5.41) is 41.2. The van der Waals surface area contributed by atoms with Gasteiger partial charge in [0, 0.05) is 5.56 Å². The van der Waals surface area contributed by atoms with Gasteiger partial charge in [-0.15, -0.1) is 0 Å². The molecule has 2 aromatic rings. The average molecular weight is 397 g/mol. The van der Waals surface area contributed by atoms with Gasteiger partial charge in [-0.25, -0.2) is 0 Å². The highest BCUT2D eigenvalue weighted by Crippen LogP contribution is 2.49. The second-order valence-electron chi connectivity index (χ2n) is 7.94. The van der Waals surface area contributed by atoms with E-state index >= 15 is 0 Å². The molecule has 3 N–H and O–H groups in total. The number of fused-ring (bicyclic) bond motifs is 2. The molecular formula is C22H23NO6. The Labute approximate surface area is 168 Å². The number of benzene rings is 2. The van der Waals surface area contributed by atoms with Crippen LogP contribution in [0.5, 0.6) is 5.75 Å². The van der Waals surface area contributed by atoms with E-state index in [1.165, 1.54) is 0 Å². The molecule has 0 aliphatic carbocycles. The largest absolute Gasteiger partial charge is 0.497 e. The molecule has 4 rings (SSSR count). The van der Waals surface area contributed by atoms with Gasteiger partial charge < -0.3 is 29.5 Å². The first kappa shape index (κ1) is 19.8. The van der Waals surface area contributed by atoms with E-state index in [0.717, 1.165) is 5.56 Å². The Morgan fingerprint density at radius 3 is 2.41 bits per heavy atom. The highest BCUT2D eigenvalue weighted by atomic mass is 16.7. The van der Waals surface area contributed by atoms with Crippen molar-refractivity contribution in [1.29, 1.82) is 5.26 Å². The fraction of sp³-hybridized carbons (Fsp3) is 0.409. The van der Waals surface area contributed by atoms with Crippen molar-refractivity contribution in [2.75, 3.05) is 7.11 Å². The smallest absolute Gasteiger partial charge is 0.225 e. The topological polar surface area (TPSA) is 112 Å². The van der Waals surface area contributed by atoms with Crippen molar-refractivity contribution in [2.24, 2.45) is 0 Å². The molecule has 1 fully saturated rings. The second kappa shape index (κ2) is 6.80. The van der Waals surface area contributed by atoms with E-state index < -0.39 is 29.7 Å². The molecule has 0 aromatic heterocycles. The number of hydrogen-bond acceptors (Lipinski definition) is 7. The molecule has 2 aliphatic rings. The number of ether oxygens (including phenoxy) is 3. The van der Waals surface area contributed by atoms with Crippen LogP contribution in [0.2, 0.25) is 0 Å². The quantitative estimate of drug-likeness (QED) is 0.708. The van der Waals surface area contributed by atoms with Crippen molar-refractivity contribution in [3.8, 4) is 22.9 Å². The Morgan fingerprint density at radius 1 is 1.10 bits per heavy atom. The molecule has 1 saturated heterocycles. The Hall–Kier alpha value is -2.47. The van der Waals surface area contributed by atoms with E-state index in [9.17, 15) is 20.6 Å². The standard InChI is InChI=1S/C22H23NO6/c1-21(2)19(25)18(24)20(26)22(29-21)17-9-16(12-4-6-15(27-3)7-5-12)13(10-23)8-14(17)11-28-22/h4-9,18-20,24-26H,11H2,1-3H3. The highest BCUT2D eigenvalue weighted by molar-refractivity contribution is 5.73. The van der Waals surface area contributed by atoms with Gasteiger partial charge in [-0.3, -0.25) is 0 Å². The van der Waals surface area contributed by atoms with Crippen LogP contribution in [0, 0.1) is 11.3 Å². The maximum atomic E-state index is 10.8. The molecule has 2 aliphatic heterocycles. The van der Waals surface area contributed by atoms with E-state index in [0.29, 0.717) is 28.0 Å². The predicted octanol–water partition coefficient (Wildman–Crippen LogP) is 1.81. The van der Waals surface area contributed by atoms with Gasteiger partial charge in [0.05, 0.1) is 31.0 Å². The first-order chi connectivity index (χ1) is 13.7. The molecule has 29 heavy (non-hydrogen) atoms. The third kappa shape index (κ3) is 2.92. The van der Waals surface area contributed by atoms with Gasteiger partial charge in [-0.05, 0) is 54.8 Å². The maximum absolute atomic E-state index is 10.8. The van der Waals surface area contributed by atoms with Gasteiger partial charge in [0.1, 0.15) is 24.1 Å². The molecule has 2 heterocycles. The lowest BCUT2D eigenvalue weighted by Gasteiger charge is -2.50. The monoisotopic (exact) mass is 397 g/mol. The van der Waals surface area contributed by atoms with Gasteiger partial charge >= 0.3 is 0 Å². The summed E-state index contributed by atoms with van der Waals surface area (Å²) in [7, 11) is 1.58. The minimum atomic E-state index is -1.63. The Balaban J connectivity index is 1.87. The molecule has 2 aromatic carbocycles. The Kier molecular flexibility index (Phi) is 4.65. The van der Waals surface area contributed by atoms with Crippen LogP contribution in [0.25, 0.3) is 11.1 Å². The summed E-state index contributed by atoms with van der Waals surface area (Å²) in [5.41, 5.74) is 1.96. The van der Waals surface area contributed by atoms with Gasteiger partial charge in [-0.2, -0.15) is 5.26 Å². The molecular weight excluding hydrogens is 374 g/mol. The summed E-state index contributed by atoms with van der Waals surface area (Å²) >= 11 is 0. The van der Waals surface area contributed by atoms with Crippen molar-refractivity contribution in [3.05, 3.63) is 53.1 Å². The summed E-state index contributed by atoms with van der Waals surface area (Å²) in [6.45, 7) is 3.37. The van der Waals surface area contributed by atoms with E-state index in [2.05, 4.69) is 6.07 Å². The molecule has 7 heteroatoms. The average Bonchev–Trinajstić information content (AvgIpc) is 3.07. The molecule has 0 radical (unpaired) electrons. The molecule has 7 nitrogen and oxygen atoms in total. The SMILES string of the molecule is COc1ccc(-c2cc3c(cc2C#N)COC32OC(C)(C)C(O)C(O)C2O)cc1. The number of aliphatic hydroxyl groups is 3. The Morgan fingerprint density at radius 2 is 1.79 bits per heavy atom. The number of nitrogens with zero attached hydrogens (tertiary/aromatic N) is 1. The van der Waals surface area contributed by atoms with E-state index in [1.54, 1.807) is 45.2 Å². The molecule has 4 atom stereocenters. The van der Waals surface area contributed by atoms with Crippen LogP contribution in [-0.4, -0.2) is 46.3 Å². The predicted molar refractivity (Wildman–Crippen MR) is 103 cm³/mol. The van der Waals surface area contributed by atoms with Gasteiger partial charge in [0.15, 0.2) is 0 Å². The third-order valence-corrected chi connectivity index (χ3v) is 5.75. The second-order valence-corrected chi connectivity index (χ2v) is 7.94. The van der Waals surface area contributed by atoms with Crippen LogP contribution in [0.1, 0.15) is 30.5 Å². The van der Waals surface area contributed by atoms with Crippen molar-refractivity contribution >= 4 is 0 Å². The zero-order chi connectivity index (χ0) is 21.0. The summed E-state index contributed by atoms with van der Waals surface area (Å²) in [4.78, 5) is 0. The number of methoxy groups -OCH3 is 1. The molecule has 152 valence electrons. The first-order valence-electron chi connectivity index (χ1n) is 9.34. The summed E-state index contributed by atoms with van der Waals surface area (Å²) < 4.78 is 17.1. The van der Waals surface area contributed by atoms with Crippen molar-refractivity contribution in [2.45, 2.75) is 50.2 Å². The molecule has 0 saturated carbocycles. The summed E-state index contributed by atoms with van der Waals surface area (Å²) in [6.07, 6.45) is -4.23. The van der Waals surface area contributed by atoms with Crippen molar-refractivity contribution in [1.82, 2.24) is 0 Å². The minimum Gasteiger partial charge on any atom is -0.497 e. The fourth-order valence-electron chi connectivity index (χ4n) is 4.10. The lowest BCUT2D eigenvalue weighted by molar-refractivity contribution is -0.388. The van der Waals surface area contributed by atoms with E-state index in [4.69, 9.17) is 14.2 Å². The van der Waals surface area contributed by atoms with Gasteiger partial charge in [0.25, 0.3) is 0 Å². The minimum absolute atomic E-state index is 0.114. The van der Waals surface area contributed by atoms with Crippen LogP contribution in [0.4, 0.5) is 0 Å². The summed E-state index contributed by atoms with van der Waals surface area (Å²) in [5.74, 6) is -0.940. The number of nitriles is 1. The lowest BCUT2D eigenvalue weighted by atomic mass is 9.81. The number of hydrogen-bond donors (Lipinski definition) is 3. The Bertz CT molecular complexity index is 980.